The fourth-order valence-electron chi connectivity index (χ4n) is 3.85. The van der Waals surface area contributed by atoms with Crippen molar-refractivity contribution in [1.29, 1.82) is 0 Å². The van der Waals surface area contributed by atoms with E-state index in [-0.39, 0.29) is 12.3 Å². The Balaban J connectivity index is 1.29. The normalized spacial score (nSPS) is 17.9. The molecule has 0 saturated carbocycles. The van der Waals surface area contributed by atoms with E-state index < -0.39 is 30.4 Å². The molecule has 184 valence electrons. The minimum Gasteiger partial charge on any atom is -0.378 e. The number of benzene rings is 2. The topological polar surface area (TPSA) is 108 Å². The number of hydrogen-bond donors (Lipinski definition) is 2. The van der Waals surface area contributed by atoms with E-state index in [4.69, 9.17) is 4.74 Å². The molecule has 4 rings (SSSR count). The first-order chi connectivity index (χ1) is 16.8. The molecule has 0 spiro atoms. The summed E-state index contributed by atoms with van der Waals surface area (Å²) < 4.78 is 5.22. The minimum absolute atomic E-state index is 0.137. The lowest BCUT2D eigenvalue weighted by Gasteiger charge is -2.27. The predicted molar refractivity (Wildman–Crippen MR) is 131 cm³/mol. The van der Waals surface area contributed by atoms with E-state index in [9.17, 15) is 19.2 Å². The number of carbonyl (C=O) groups is 4. The van der Waals surface area contributed by atoms with E-state index in [1.807, 2.05) is 12.1 Å². The van der Waals surface area contributed by atoms with E-state index in [1.165, 1.54) is 11.1 Å². The van der Waals surface area contributed by atoms with Crippen LogP contribution in [0.5, 0.6) is 0 Å². The van der Waals surface area contributed by atoms with Crippen LogP contribution in [-0.2, 0) is 19.1 Å². The summed E-state index contributed by atoms with van der Waals surface area (Å²) >= 11 is 1.62. The number of urea groups is 1. The average Bonchev–Trinajstić information content (AvgIpc) is 3.10. The highest BCUT2D eigenvalue weighted by atomic mass is 32.2. The standard InChI is InChI=1S/C25H28N4O5S/c1-16-3-6-20(13-17(16)2)35-19-7-4-18(5-8-19)26-22(30)15-29-24(32)21(27-25(29)33)14-23(31)28-9-11-34-12-10-28/h3-8,13,21H,9-12,14-15H2,1-2H3,(H,26,30)(H,27,33)/t21-/m0/s1. The van der Waals surface area contributed by atoms with E-state index in [0.29, 0.717) is 32.0 Å². The summed E-state index contributed by atoms with van der Waals surface area (Å²) in [6.07, 6.45) is -0.137. The van der Waals surface area contributed by atoms with Crippen LogP contribution in [-0.4, -0.2) is 72.4 Å². The van der Waals surface area contributed by atoms with Gasteiger partial charge in [0.05, 0.1) is 19.6 Å². The maximum Gasteiger partial charge on any atom is 0.325 e. The van der Waals surface area contributed by atoms with Crippen molar-refractivity contribution >= 4 is 41.2 Å². The van der Waals surface area contributed by atoms with E-state index in [1.54, 1.807) is 28.8 Å². The number of aryl methyl sites for hydroxylation is 2. The maximum atomic E-state index is 12.6. The molecule has 2 N–H and O–H groups in total. The van der Waals surface area contributed by atoms with Gasteiger partial charge in [-0.05, 0) is 61.4 Å². The quantitative estimate of drug-likeness (QED) is 0.571. The highest BCUT2D eigenvalue weighted by molar-refractivity contribution is 7.99. The molecule has 35 heavy (non-hydrogen) atoms. The molecule has 5 amide bonds. The molecule has 0 radical (unpaired) electrons. The van der Waals surface area contributed by atoms with Gasteiger partial charge in [0, 0.05) is 28.6 Å². The number of rotatable bonds is 7. The van der Waals surface area contributed by atoms with Gasteiger partial charge in [0.15, 0.2) is 0 Å². The van der Waals surface area contributed by atoms with E-state index >= 15 is 0 Å². The highest BCUT2D eigenvalue weighted by Gasteiger charge is 2.40. The monoisotopic (exact) mass is 496 g/mol. The Morgan fingerprint density at radius 2 is 1.71 bits per heavy atom. The van der Waals surface area contributed by atoms with Crippen LogP contribution in [0.25, 0.3) is 0 Å². The molecule has 2 saturated heterocycles. The lowest BCUT2D eigenvalue weighted by molar-refractivity contribution is -0.138. The van der Waals surface area contributed by atoms with Gasteiger partial charge in [0.2, 0.25) is 11.8 Å². The van der Waals surface area contributed by atoms with Crippen molar-refractivity contribution < 1.29 is 23.9 Å². The number of ether oxygens (including phenoxy) is 1. The third-order valence-electron chi connectivity index (χ3n) is 6.00. The summed E-state index contributed by atoms with van der Waals surface area (Å²) in [5.41, 5.74) is 3.03. The van der Waals surface area contributed by atoms with E-state index in [0.717, 1.165) is 14.7 Å². The molecule has 2 aliphatic heterocycles. The fraction of sp³-hybridized carbons (Fsp3) is 0.360. The molecule has 2 aromatic carbocycles. The van der Waals surface area contributed by atoms with Crippen LogP contribution in [0.15, 0.2) is 52.3 Å². The van der Waals surface area contributed by atoms with Gasteiger partial charge in [-0.3, -0.25) is 19.3 Å². The molecule has 0 unspecified atom stereocenters. The maximum absolute atomic E-state index is 12.6. The van der Waals surface area contributed by atoms with Crippen LogP contribution in [0, 0.1) is 13.8 Å². The molecule has 2 heterocycles. The largest absolute Gasteiger partial charge is 0.378 e. The molecule has 2 fully saturated rings. The highest BCUT2D eigenvalue weighted by Crippen LogP contribution is 2.29. The Bertz CT molecular complexity index is 1130. The van der Waals surface area contributed by atoms with Gasteiger partial charge < -0.3 is 20.3 Å². The molecule has 1 atom stereocenters. The number of imide groups is 1. The number of carbonyl (C=O) groups excluding carboxylic acids is 4. The minimum atomic E-state index is -0.965. The molecule has 0 aliphatic carbocycles. The van der Waals surface area contributed by atoms with Crippen molar-refractivity contribution in [2.75, 3.05) is 38.2 Å². The summed E-state index contributed by atoms with van der Waals surface area (Å²) in [5.74, 6) is -1.30. The number of nitrogens with one attached hydrogen (secondary N) is 2. The third kappa shape index (κ3) is 6.20. The van der Waals surface area contributed by atoms with Crippen LogP contribution in [0.1, 0.15) is 17.5 Å². The first-order valence-electron chi connectivity index (χ1n) is 11.4. The summed E-state index contributed by atoms with van der Waals surface area (Å²) in [6.45, 7) is 5.55. The van der Waals surface area contributed by atoms with Crippen LogP contribution in [0.3, 0.4) is 0 Å². The van der Waals surface area contributed by atoms with Crippen molar-refractivity contribution in [3.05, 3.63) is 53.6 Å². The SMILES string of the molecule is Cc1ccc(Sc2ccc(NC(=O)CN3C(=O)N[C@@H](CC(=O)N4CCOCC4)C3=O)cc2)cc1C. The van der Waals surface area contributed by atoms with Gasteiger partial charge in [0.1, 0.15) is 12.6 Å². The molecule has 2 aromatic rings. The molecule has 2 aliphatic rings. The number of amides is 5. The molecule has 0 bridgehead atoms. The van der Waals surface area contributed by atoms with Crippen LogP contribution in [0.2, 0.25) is 0 Å². The van der Waals surface area contributed by atoms with Crippen LogP contribution in [0.4, 0.5) is 10.5 Å². The van der Waals surface area contributed by atoms with Gasteiger partial charge in [-0.2, -0.15) is 0 Å². The first kappa shape index (κ1) is 24.7. The van der Waals surface area contributed by atoms with Crippen LogP contribution < -0.4 is 10.6 Å². The second-order valence-electron chi connectivity index (χ2n) is 8.54. The molecular formula is C25H28N4O5S. The molecule has 9 nitrogen and oxygen atoms in total. The Kier molecular flexibility index (Phi) is 7.72. The zero-order valence-electron chi connectivity index (χ0n) is 19.7. The fourth-order valence-corrected chi connectivity index (χ4v) is 4.76. The average molecular weight is 497 g/mol. The lowest BCUT2D eigenvalue weighted by atomic mass is 10.1. The third-order valence-corrected chi connectivity index (χ3v) is 7.00. The Hall–Kier alpha value is -3.37. The molecule has 0 aromatic heterocycles. The zero-order chi connectivity index (χ0) is 24.9. The summed E-state index contributed by atoms with van der Waals surface area (Å²) in [4.78, 5) is 54.4. The summed E-state index contributed by atoms with van der Waals surface area (Å²) in [7, 11) is 0. The van der Waals surface area contributed by atoms with Gasteiger partial charge in [-0.15, -0.1) is 0 Å². The van der Waals surface area contributed by atoms with Gasteiger partial charge in [-0.1, -0.05) is 17.8 Å². The Morgan fingerprint density at radius 1 is 1.03 bits per heavy atom. The second-order valence-corrected chi connectivity index (χ2v) is 9.69. The number of anilines is 1. The van der Waals surface area contributed by atoms with Gasteiger partial charge in [-0.25, -0.2) is 4.79 Å². The predicted octanol–water partition coefficient (Wildman–Crippen LogP) is 2.56. The molecular weight excluding hydrogens is 468 g/mol. The van der Waals surface area contributed by atoms with E-state index in [2.05, 4.69) is 42.7 Å². The number of morpholine rings is 1. The van der Waals surface area contributed by atoms with Crippen molar-refractivity contribution in [2.45, 2.75) is 36.1 Å². The summed E-state index contributed by atoms with van der Waals surface area (Å²) in [6, 6.07) is 12.0. The van der Waals surface area contributed by atoms with Crippen molar-refractivity contribution in [3.8, 4) is 0 Å². The summed E-state index contributed by atoms with van der Waals surface area (Å²) in [5, 5.41) is 5.22. The Labute approximate surface area is 208 Å². The van der Waals surface area contributed by atoms with Crippen molar-refractivity contribution in [1.82, 2.24) is 15.1 Å². The lowest BCUT2D eigenvalue weighted by Crippen LogP contribution is -2.44. The molecule has 10 heteroatoms. The van der Waals surface area contributed by atoms with Crippen molar-refractivity contribution in [2.24, 2.45) is 0 Å². The van der Waals surface area contributed by atoms with Crippen LogP contribution >= 0.6 is 11.8 Å². The number of hydrogen-bond acceptors (Lipinski definition) is 6. The first-order valence-corrected chi connectivity index (χ1v) is 12.2. The zero-order valence-corrected chi connectivity index (χ0v) is 20.5. The second kappa shape index (κ2) is 10.9. The van der Waals surface area contributed by atoms with Crippen molar-refractivity contribution in [3.63, 3.8) is 0 Å². The van der Waals surface area contributed by atoms with Gasteiger partial charge in [0.25, 0.3) is 5.91 Å². The number of nitrogens with zero attached hydrogens (tertiary/aromatic N) is 2. The van der Waals surface area contributed by atoms with Gasteiger partial charge >= 0.3 is 6.03 Å². The Morgan fingerprint density at radius 3 is 2.40 bits per heavy atom. The smallest absolute Gasteiger partial charge is 0.325 e.